The van der Waals surface area contributed by atoms with Crippen LogP contribution >= 0.6 is 0 Å². The lowest BCUT2D eigenvalue weighted by molar-refractivity contribution is 0.0600. The third-order valence-electron chi connectivity index (χ3n) is 4.82. The summed E-state index contributed by atoms with van der Waals surface area (Å²) in [4.78, 5) is 13.9. The van der Waals surface area contributed by atoms with E-state index in [-0.39, 0.29) is 10.9 Å². The third-order valence-corrected chi connectivity index (χ3v) is 6.26. The zero-order chi connectivity index (χ0) is 19.3. The second-order valence-electron chi connectivity index (χ2n) is 6.54. The fourth-order valence-corrected chi connectivity index (χ4v) is 4.38. The number of ether oxygens (including phenoxy) is 1. The van der Waals surface area contributed by atoms with Crippen molar-refractivity contribution in [1.82, 2.24) is 9.62 Å². The summed E-state index contributed by atoms with van der Waals surface area (Å²) in [5.74, 6) is -0.495. The predicted molar refractivity (Wildman–Crippen MR) is 103 cm³/mol. The van der Waals surface area contributed by atoms with E-state index in [4.69, 9.17) is 0 Å². The molecule has 0 aromatic heterocycles. The molecule has 1 heterocycles. The fourth-order valence-electron chi connectivity index (χ4n) is 3.35. The van der Waals surface area contributed by atoms with E-state index >= 15 is 0 Å². The van der Waals surface area contributed by atoms with Gasteiger partial charge in [0.25, 0.3) is 0 Å². The molecule has 0 bridgehead atoms. The number of nitrogens with zero attached hydrogens (tertiary/aromatic N) is 1. The molecule has 27 heavy (non-hydrogen) atoms. The fraction of sp³-hybridized carbons (Fsp3) is 0.350. The highest BCUT2D eigenvalue weighted by Gasteiger charge is 2.25. The van der Waals surface area contributed by atoms with Crippen LogP contribution in [0.2, 0.25) is 0 Å². The molecule has 1 fully saturated rings. The molecule has 0 saturated carbocycles. The molecule has 144 valence electrons. The van der Waals surface area contributed by atoms with Gasteiger partial charge in [-0.2, -0.15) is 0 Å². The lowest BCUT2D eigenvalue weighted by Crippen LogP contribution is -2.36. The van der Waals surface area contributed by atoms with E-state index in [1.165, 1.54) is 31.4 Å². The summed E-state index contributed by atoms with van der Waals surface area (Å²) in [6.45, 7) is 2.23. The van der Waals surface area contributed by atoms with E-state index in [2.05, 4.69) is 14.4 Å². The van der Waals surface area contributed by atoms with E-state index in [0.29, 0.717) is 12.1 Å². The minimum atomic E-state index is -3.67. The van der Waals surface area contributed by atoms with Crippen molar-refractivity contribution in [1.29, 1.82) is 0 Å². The smallest absolute Gasteiger partial charge is 0.337 e. The molecule has 0 radical (unpaired) electrons. The molecule has 1 atom stereocenters. The number of likely N-dealkylation sites (tertiary alicyclic amines) is 1. The molecule has 0 aliphatic carbocycles. The molecule has 2 aromatic carbocycles. The summed E-state index contributed by atoms with van der Waals surface area (Å²) in [7, 11) is -2.38. The van der Waals surface area contributed by atoms with Crippen LogP contribution < -0.4 is 4.72 Å². The second-order valence-corrected chi connectivity index (χ2v) is 8.30. The SMILES string of the molecule is COC(=O)c1ccc(S(=O)(=O)NCC(c2ccccc2)N2CCCC2)cc1. The highest BCUT2D eigenvalue weighted by Crippen LogP contribution is 2.25. The monoisotopic (exact) mass is 388 g/mol. The molecule has 0 amide bonds. The number of esters is 1. The van der Waals surface area contributed by atoms with Crippen LogP contribution in [0.1, 0.15) is 34.8 Å². The van der Waals surface area contributed by atoms with E-state index in [1.807, 2.05) is 30.3 Å². The Morgan fingerprint density at radius 2 is 1.70 bits per heavy atom. The first-order valence-electron chi connectivity index (χ1n) is 8.98. The number of methoxy groups -OCH3 is 1. The number of sulfonamides is 1. The minimum absolute atomic E-state index is 0.00202. The normalized spacial score (nSPS) is 16.2. The van der Waals surface area contributed by atoms with Crippen molar-refractivity contribution >= 4 is 16.0 Å². The van der Waals surface area contributed by atoms with Gasteiger partial charge in [-0.15, -0.1) is 0 Å². The lowest BCUT2D eigenvalue weighted by atomic mass is 10.1. The maximum Gasteiger partial charge on any atom is 0.337 e. The molecular formula is C20H24N2O4S. The second kappa shape index (κ2) is 8.65. The minimum Gasteiger partial charge on any atom is -0.465 e. The largest absolute Gasteiger partial charge is 0.465 e. The zero-order valence-electron chi connectivity index (χ0n) is 15.3. The van der Waals surface area contributed by atoms with Crippen molar-refractivity contribution in [3.63, 3.8) is 0 Å². The Labute approximate surface area is 160 Å². The van der Waals surface area contributed by atoms with Crippen molar-refractivity contribution in [3.05, 3.63) is 65.7 Å². The maximum atomic E-state index is 12.7. The summed E-state index contributed by atoms with van der Waals surface area (Å²) in [5.41, 5.74) is 1.42. The molecule has 1 saturated heterocycles. The van der Waals surface area contributed by atoms with Crippen LogP contribution in [-0.4, -0.2) is 46.0 Å². The first-order valence-corrected chi connectivity index (χ1v) is 10.5. The number of benzene rings is 2. The maximum absolute atomic E-state index is 12.7. The van der Waals surface area contributed by atoms with Gasteiger partial charge >= 0.3 is 5.97 Å². The van der Waals surface area contributed by atoms with Crippen LogP contribution in [-0.2, 0) is 14.8 Å². The summed E-state index contributed by atoms with van der Waals surface area (Å²) >= 11 is 0. The van der Waals surface area contributed by atoms with Crippen molar-refractivity contribution < 1.29 is 17.9 Å². The average Bonchev–Trinajstić information content (AvgIpc) is 3.23. The van der Waals surface area contributed by atoms with Crippen LogP contribution in [0.25, 0.3) is 0 Å². The van der Waals surface area contributed by atoms with E-state index < -0.39 is 16.0 Å². The number of hydrogen-bond acceptors (Lipinski definition) is 5. The third kappa shape index (κ3) is 4.74. The van der Waals surface area contributed by atoms with Gasteiger partial charge in [-0.25, -0.2) is 17.9 Å². The number of rotatable bonds is 7. The van der Waals surface area contributed by atoms with Gasteiger partial charge in [-0.05, 0) is 55.8 Å². The molecule has 6 nitrogen and oxygen atoms in total. The van der Waals surface area contributed by atoms with E-state index in [0.717, 1.165) is 31.5 Å². The molecule has 2 aromatic rings. The van der Waals surface area contributed by atoms with Gasteiger partial charge in [0, 0.05) is 12.6 Å². The van der Waals surface area contributed by atoms with Crippen LogP contribution in [0.5, 0.6) is 0 Å². The first-order chi connectivity index (χ1) is 13.0. The zero-order valence-corrected chi connectivity index (χ0v) is 16.1. The highest BCUT2D eigenvalue weighted by molar-refractivity contribution is 7.89. The van der Waals surface area contributed by atoms with Crippen molar-refractivity contribution in [2.75, 3.05) is 26.7 Å². The summed E-state index contributed by atoms with van der Waals surface area (Å²) in [6.07, 6.45) is 2.26. The molecule has 1 aliphatic heterocycles. The number of carbonyl (C=O) groups is 1. The predicted octanol–water partition coefficient (Wildman–Crippen LogP) is 2.59. The molecule has 1 N–H and O–H groups in total. The number of nitrogens with one attached hydrogen (secondary N) is 1. The Hall–Kier alpha value is -2.22. The number of hydrogen-bond donors (Lipinski definition) is 1. The molecular weight excluding hydrogens is 364 g/mol. The lowest BCUT2D eigenvalue weighted by Gasteiger charge is -2.28. The standard InChI is InChI=1S/C20H24N2O4S/c1-26-20(23)17-9-11-18(12-10-17)27(24,25)21-15-19(22-13-5-6-14-22)16-7-3-2-4-8-16/h2-4,7-12,19,21H,5-6,13-15H2,1H3. The molecule has 1 unspecified atom stereocenters. The Kier molecular flexibility index (Phi) is 6.26. The topological polar surface area (TPSA) is 75.7 Å². The van der Waals surface area contributed by atoms with Crippen LogP contribution in [0, 0.1) is 0 Å². The molecule has 1 aliphatic rings. The van der Waals surface area contributed by atoms with Crippen LogP contribution in [0.3, 0.4) is 0 Å². The first kappa shape index (κ1) is 19.5. The molecule has 7 heteroatoms. The average molecular weight is 388 g/mol. The van der Waals surface area contributed by atoms with Gasteiger partial charge in [-0.1, -0.05) is 30.3 Å². The quantitative estimate of drug-likeness (QED) is 0.738. The van der Waals surface area contributed by atoms with Gasteiger partial charge in [0.15, 0.2) is 0 Å². The van der Waals surface area contributed by atoms with Gasteiger partial charge in [-0.3, -0.25) is 4.90 Å². The highest BCUT2D eigenvalue weighted by atomic mass is 32.2. The van der Waals surface area contributed by atoms with Crippen molar-refractivity contribution in [2.45, 2.75) is 23.8 Å². The Bertz CT molecular complexity index is 861. The summed E-state index contributed by atoms with van der Waals surface area (Å²) < 4.78 is 32.7. The van der Waals surface area contributed by atoms with E-state index in [9.17, 15) is 13.2 Å². The van der Waals surface area contributed by atoms with Crippen molar-refractivity contribution in [2.24, 2.45) is 0 Å². The van der Waals surface area contributed by atoms with E-state index in [1.54, 1.807) is 0 Å². The Balaban J connectivity index is 1.74. The molecule has 3 rings (SSSR count). The summed E-state index contributed by atoms with van der Waals surface area (Å²) in [5, 5.41) is 0. The Morgan fingerprint density at radius 3 is 2.30 bits per heavy atom. The van der Waals surface area contributed by atoms with Crippen molar-refractivity contribution in [3.8, 4) is 0 Å². The molecule has 0 spiro atoms. The Morgan fingerprint density at radius 1 is 1.07 bits per heavy atom. The number of carbonyl (C=O) groups excluding carboxylic acids is 1. The van der Waals surface area contributed by atoms with Crippen LogP contribution in [0.15, 0.2) is 59.5 Å². The van der Waals surface area contributed by atoms with Crippen LogP contribution in [0.4, 0.5) is 0 Å². The van der Waals surface area contributed by atoms with Gasteiger partial charge < -0.3 is 4.74 Å². The van der Waals surface area contributed by atoms with Gasteiger partial charge in [0.05, 0.1) is 17.6 Å². The van der Waals surface area contributed by atoms with Gasteiger partial charge in [0.1, 0.15) is 0 Å². The van der Waals surface area contributed by atoms with Gasteiger partial charge in [0.2, 0.25) is 10.0 Å². The summed E-state index contributed by atoms with van der Waals surface area (Å²) in [6, 6.07) is 15.7.